The van der Waals surface area contributed by atoms with Crippen molar-refractivity contribution in [3.05, 3.63) is 89.2 Å². The van der Waals surface area contributed by atoms with Gasteiger partial charge in [-0.1, -0.05) is 30.3 Å². The van der Waals surface area contributed by atoms with Crippen molar-refractivity contribution in [1.29, 1.82) is 0 Å². The van der Waals surface area contributed by atoms with Crippen LogP contribution in [0.3, 0.4) is 0 Å². The molecule has 1 heterocycles. The first-order valence-corrected chi connectivity index (χ1v) is 9.54. The Balaban J connectivity index is 1.76. The standard InChI is InChI=1S/C24H24N2O3/c1-17-10-11-19(15-18(17)2)22(27)12-13-24(29)26(16-20-7-5-6-14-25-20)21-8-3-4-9-23(21)28/h3-11,14-15,28H,12-13,16H2,1-2H3. The third-order valence-electron chi connectivity index (χ3n) is 4.91. The molecule has 5 heteroatoms. The Labute approximate surface area is 170 Å². The van der Waals surface area contributed by atoms with Crippen molar-refractivity contribution in [2.45, 2.75) is 33.2 Å². The normalized spacial score (nSPS) is 10.6. The van der Waals surface area contributed by atoms with Gasteiger partial charge in [-0.2, -0.15) is 0 Å². The monoisotopic (exact) mass is 388 g/mol. The lowest BCUT2D eigenvalue weighted by molar-refractivity contribution is -0.118. The molecule has 0 aliphatic heterocycles. The third-order valence-corrected chi connectivity index (χ3v) is 4.91. The highest BCUT2D eigenvalue weighted by Crippen LogP contribution is 2.28. The molecule has 3 rings (SSSR count). The number of phenols is 1. The van der Waals surface area contributed by atoms with Crippen molar-refractivity contribution in [3.8, 4) is 5.75 Å². The van der Waals surface area contributed by atoms with Gasteiger partial charge >= 0.3 is 0 Å². The van der Waals surface area contributed by atoms with Crippen LogP contribution in [-0.4, -0.2) is 21.8 Å². The van der Waals surface area contributed by atoms with E-state index in [9.17, 15) is 14.7 Å². The number of Topliss-reactive ketones (excluding diaryl/α,β-unsaturated/α-hetero) is 1. The molecule has 5 nitrogen and oxygen atoms in total. The van der Waals surface area contributed by atoms with Gasteiger partial charge in [0.1, 0.15) is 5.75 Å². The van der Waals surface area contributed by atoms with Gasteiger partial charge in [-0.05, 0) is 55.3 Å². The molecule has 1 amide bonds. The highest BCUT2D eigenvalue weighted by molar-refractivity contribution is 6.01. The van der Waals surface area contributed by atoms with Crippen LogP contribution in [0, 0.1) is 13.8 Å². The van der Waals surface area contributed by atoms with Crippen molar-refractivity contribution in [1.82, 2.24) is 4.98 Å². The van der Waals surface area contributed by atoms with Crippen LogP contribution in [0.25, 0.3) is 0 Å². The van der Waals surface area contributed by atoms with Crippen LogP contribution in [0.2, 0.25) is 0 Å². The zero-order valence-electron chi connectivity index (χ0n) is 16.6. The molecule has 0 fully saturated rings. The molecule has 29 heavy (non-hydrogen) atoms. The molecular formula is C24H24N2O3. The summed E-state index contributed by atoms with van der Waals surface area (Å²) in [5.74, 6) is -0.303. The molecule has 0 aliphatic carbocycles. The van der Waals surface area contributed by atoms with E-state index in [0.29, 0.717) is 16.9 Å². The van der Waals surface area contributed by atoms with Gasteiger partial charge in [0.2, 0.25) is 5.91 Å². The number of anilines is 1. The predicted octanol–water partition coefficient (Wildman–Crippen LogP) is 4.60. The summed E-state index contributed by atoms with van der Waals surface area (Å²) in [5, 5.41) is 10.2. The highest BCUT2D eigenvalue weighted by atomic mass is 16.3. The molecule has 1 aromatic heterocycles. The minimum atomic E-state index is -0.241. The predicted molar refractivity (Wildman–Crippen MR) is 113 cm³/mol. The largest absolute Gasteiger partial charge is 0.506 e. The number of hydrogen-bond acceptors (Lipinski definition) is 4. The van der Waals surface area contributed by atoms with Crippen LogP contribution < -0.4 is 4.90 Å². The lowest BCUT2D eigenvalue weighted by atomic mass is 10.0. The first kappa shape index (κ1) is 20.3. The number of ketones is 1. The summed E-state index contributed by atoms with van der Waals surface area (Å²) < 4.78 is 0. The fourth-order valence-corrected chi connectivity index (χ4v) is 3.07. The number of phenolic OH excluding ortho intramolecular Hbond substituents is 1. The van der Waals surface area contributed by atoms with E-state index in [1.807, 2.05) is 38.1 Å². The van der Waals surface area contributed by atoms with Gasteiger partial charge in [0.05, 0.1) is 17.9 Å². The number of para-hydroxylation sites is 2. The maximum atomic E-state index is 13.0. The van der Waals surface area contributed by atoms with Crippen molar-refractivity contribution in [2.24, 2.45) is 0 Å². The Hall–Kier alpha value is -3.47. The van der Waals surface area contributed by atoms with Crippen LogP contribution in [0.15, 0.2) is 66.9 Å². The third kappa shape index (κ3) is 5.08. The number of nitrogens with zero attached hydrogens (tertiary/aromatic N) is 2. The van der Waals surface area contributed by atoms with E-state index >= 15 is 0 Å². The minimum absolute atomic E-state index is 0.0114. The van der Waals surface area contributed by atoms with Gasteiger partial charge in [0.15, 0.2) is 5.78 Å². The molecule has 0 saturated heterocycles. The summed E-state index contributed by atoms with van der Waals surface area (Å²) in [6.45, 7) is 4.17. The smallest absolute Gasteiger partial charge is 0.227 e. The second-order valence-corrected chi connectivity index (χ2v) is 7.01. The molecule has 2 aromatic carbocycles. The number of hydrogen-bond donors (Lipinski definition) is 1. The van der Waals surface area contributed by atoms with Gasteiger partial charge in [-0.25, -0.2) is 0 Å². The number of carbonyl (C=O) groups is 2. The van der Waals surface area contributed by atoms with Gasteiger partial charge in [0.25, 0.3) is 0 Å². The highest BCUT2D eigenvalue weighted by Gasteiger charge is 2.21. The molecule has 148 valence electrons. The van der Waals surface area contributed by atoms with E-state index in [-0.39, 0.29) is 36.8 Å². The van der Waals surface area contributed by atoms with E-state index < -0.39 is 0 Å². The lowest BCUT2D eigenvalue weighted by Gasteiger charge is -2.23. The Morgan fingerprint density at radius 1 is 0.931 bits per heavy atom. The first-order valence-electron chi connectivity index (χ1n) is 9.54. The zero-order chi connectivity index (χ0) is 20.8. The number of benzene rings is 2. The second-order valence-electron chi connectivity index (χ2n) is 7.01. The first-order chi connectivity index (χ1) is 14.0. The van der Waals surface area contributed by atoms with Gasteiger partial charge in [-0.3, -0.25) is 14.6 Å². The Morgan fingerprint density at radius 3 is 2.38 bits per heavy atom. The summed E-state index contributed by atoms with van der Waals surface area (Å²) >= 11 is 0. The summed E-state index contributed by atoms with van der Waals surface area (Å²) in [5.41, 5.74) is 3.89. The Bertz CT molecular complexity index is 1020. The van der Waals surface area contributed by atoms with Crippen LogP contribution in [0.4, 0.5) is 5.69 Å². The fraction of sp³-hybridized carbons (Fsp3) is 0.208. The average molecular weight is 388 g/mol. The van der Waals surface area contributed by atoms with Crippen molar-refractivity contribution >= 4 is 17.4 Å². The number of pyridine rings is 1. The zero-order valence-corrected chi connectivity index (χ0v) is 16.6. The van der Waals surface area contributed by atoms with E-state index in [1.165, 1.54) is 11.0 Å². The number of rotatable bonds is 7. The fourth-order valence-electron chi connectivity index (χ4n) is 3.07. The molecule has 0 aliphatic rings. The quantitative estimate of drug-likeness (QED) is 0.601. The van der Waals surface area contributed by atoms with E-state index in [1.54, 1.807) is 36.5 Å². The summed E-state index contributed by atoms with van der Waals surface area (Å²) in [6, 6.07) is 17.7. The van der Waals surface area contributed by atoms with Crippen LogP contribution >= 0.6 is 0 Å². The van der Waals surface area contributed by atoms with E-state index in [4.69, 9.17) is 0 Å². The summed E-state index contributed by atoms with van der Waals surface area (Å²) in [6.07, 6.45) is 1.81. The van der Waals surface area contributed by atoms with Gasteiger partial charge < -0.3 is 10.0 Å². The van der Waals surface area contributed by atoms with Crippen LogP contribution in [-0.2, 0) is 11.3 Å². The number of aryl methyl sites for hydroxylation is 2. The number of aromatic nitrogens is 1. The van der Waals surface area contributed by atoms with Crippen LogP contribution in [0.5, 0.6) is 5.75 Å². The molecule has 0 spiro atoms. The minimum Gasteiger partial charge on any atom is -0.506 e. The molecule has 0 atom stereocenters. The maximum absolute atomic E-state index is 13.0. The van der Waals surface area contributed by atoms with Gasteiger partial charge in [0, 0.05) is 24.6 Å². The van der Waals surface area contributed by atoms with E-state index in [0.717, 1.165) is 11.1 Å². The van der Waals surface area contributed by atoms with Crippen molar-refractivity contribution in [2.75, 3.05) is 4.90 Å². The summed E-state index contributed by atoms with van der Waals surface area (Å²) in [7, 11) is 0. The number of aromatic hydroxyl groups is 1. The summed E-state index contributed by atoms with van der Waals surface area (Å²) in [4.78, 5) is 31.3. The van der Waals surface area contributed by atoms with Gasteiger partial charge in [-0.15, -0.1) is 0 Å². The van der Waals surface area contributed by atoms with Crippen molar-refractivity contribution < 1.29 is 14.7 Å². The lowest BCUT2D eigenvalue weighted by Crippen LogP contribution is -2.31. The van der Waals surface area contributed by atoms with E-state index in [2.05, 4.69) is 4.98 Å². The second kappa shape index (κ2) is 9.15. The molecule has 0 radical (unpaired) electrons. The molecule has 0 bridgehead atoms. The maximum Gasteiger partial charge on any atom is 0.227 e. The Morgan fingerprint density at radius 2 is 1.69 bits per heavy atom. The molecule has 0 unspecified atom stereocenters. The molecule has 1 N–H and O–H groups in total. The SMILES string of the molecule is Cc1ccc(C(=O)CCC(=O)N(Cc2ccccn2)c2ccccc2O)cc1C. The Kier molecular flexibility index (Phi) is 6.39. The molecule has 3 aromatic rings. The topological polar surface area (TPSA) is 70.5 Å². The molecular weight excluding hydrogens is 364 g/mol. The molecule has 0 saturated carbocycles. The van der Waals surface area contributed by atoms with Crippen molar-refractivity contribution in [3.63, 3.8) is 0 Å². The van der Waals surface area contributed by atoms with Crippen LogP contribution in [0.1, 0.15) is 40.0 Å². The number of amides is 1. The average Bonchev–Trinajstić information content (AvgIpc) is 2.73. The number of carbonyl (C=O) groups excluding carboxylic acids is 2.